The highest BCUT2D eigenvalue weighted by Crippen LogP contribution is 2.28. The van der Waals surface area contributed by atoms with E-state index in [4.69, 9.17) is 9.68 Å². The third kappa shape index (κ3) is 1.97. The van der Waals surface area contributed by atoms with Gasteiger partial charge in [-0.1, -0.05) is 13.0 Å². The van der Waals surface area contributed by atoms with Crippen molar-refractivity contribution in [3.8, 4) is 5.75 Å². The molecule has 0 fully saturated rings. The van der Waals surface area contributed by atoms with Crippen molar-refractivity contribution in [2.45, 2.75) is 13.3 Å². The lowest BCUT2D eigenvalue weighted by atomic mass is 10.1. The maximum absolute atomic E-state index is 9.59. The molecule has 0 aromatic heterocycles. The molecule has 0 atom stereocenters. The molecule has 1 rings (SSSR count). The van der Waals surface area contributed by atoms with Crippen LogP contribution in [-0.2, 0) is 16.1 Å². The lowest BCUT2D eigenvalue weighted by Gasteiger charge is -2.21. The molecular formula is C10H15NO3. The van der Waals surface area contributed by atoms with Crippen molar-refractivity contribution >= 4 is 5.69 Å². The number of phenols is 1. The van der Waals surface area contributed by atoms with E-state index in [2.05, 4.69) is 0 Å². The standard InChI is InChI=1S/C10H15NO3/c1-4-8-9(11(13-2)14-3)6-5-7-10(8)12/h5-7,12H,4H2,1-3H3. The van der Waals surface area contributed by atoms with Gasteiger partial charge in [0.2, 0.25) is 0 Å². The van der Waals surface area contributed by atoms with Gasteiger partial charge in [-0.05, 0) is 18.6 Å². The van der Waals surface area contributed by atoms with E-state index < -0.39 is 0 Å². The molecule has 0 radical (unpaired) electrons. The van der Waals surface area contributed by atoms with Gasteiger partial charge < -0.3 is 5.11 Å². The van der Waals surface area contributed by atoms with E-state index in [9.17, 15) is 5.11 Å². The maximum atomic E-state index is 9.59. The molecular weight excluding hydrogens is 182 g/mol. The Morgan fingerprint density at radius 2 is 1.93 bits per heavy atom. The van der Waals surface area contributed by atoms with Crippen LogP contribution in [-0.4, -0.2) is 19.3 Å². The minimum atomic E-state index is 0.254. The molecule has 1 aromatic carbocycles. The first-order chi connectivity index (χ1) is 6.74. The van der Waals surface area contributed by atoms with Gasteiger partial charge in [0.15, 0.2) is 0 Å². The van der Waals surface area contributed by atoms with Gasteiger partial charge in [0.25, 0.3) is 0 Å². The van der Waals surface area contributed by atoms with Crippen LogP contribution >= 0.6 is 0 Å². The Kier molecular flexibility index (Phi) is 3.73. The first-order valence-electron chi connectivity index (χ1n) is 4.43. The van der Waals surface area contributed by atoms with Crippen molar-refractivity contribution in [2.24, 2.45) is 0 Å². The van der Waals surface area contributed by atoms with Crippen LogP contribution in [0.15, 0.2) is 18.2 Å². The van der Waals surface area contributed by atoms with E-state index in [0.717, 1.165) is 11.3 Å². The second-order valence-electron chi connectivity index (χ2n) is 2.75. The second-order valence-corrected chi connectivity index (χ2v) is 2.75. The molecule has 4 nitrogen and oxygen atoms in total. The van der Waals surface area contributed by atoms with Gasteiger partial charge in [-0.15, -0.1) is 5.23 Å². The van der Waals surface area contributed by atoms with Crippen LogP contribution < -0.4 is 5.23 Å². The smallest absolute Gasteiger partial charge is 0.121 e. The molecule has 0 aliphatic heterocycles. The summed E-state index contributed by atoms with van der Waals surface area (Å²) in [6.07, 6.45) is 0.714. The van der Waals surface area contributed by atoms with Crippen molar-refractivity contribution in [3.63, 3.8) is 0 Å². The van der Waals surface area contributed by atoms with Gasteiger partial charge in [0, 0.05) is 5.56 Å². The predicted octanol–water partition coefficient (Wildman–Crippen LogP) is 1.88. The molecule has 0 unspecified atom stereocenters. The van der Waals surface area contributed by atoms with Gasteiger partial charge in [0.05, 0.1) is 14.2 Å². The van der Waals surface area contributed by atoms with Gasteiger partial charge in [-0.25, -0.2) is 0 Å². The van der Waals surface area contributed by atoms with E-state index in [-0.39, 0.29) is 5.75 Å². The van der Waals surface area contributed by atoms with Gasteiger partial charge in [0.1, 0.15) is 11.4 Å². The van der Waals surface area contributed by atoms with Crippen molar-refractivity contribution in [2.75, 3.05) is 19.4 Å². The molecule has 0 saturated carbocycles. The zero-order chi connectivity index (χ0) is 10.6. The summed E-state index contributed by atoms with van der Waals surface area (Å²) in [6, 6.07) is 5.21. The number of benzene rings is 1. The molecule has 0 spiro atoms. The Hall–Kier alpha value is -1.26. The number of rotatable bonds is 4. The van der Waals surface area contributed by atoms with Crippen molar-refractivity contribution in [3.05, 3.63) is 23.8 Å². The minimum Gasteiger partial charge on any atom is -0.508 e. The van der Waals surface area contributed by atoms with Crippen LogP contribution in [0.2, 0.25) is 0 Å². The number of hydrogen-bond acceptors (Lipinski definition) is 4. The Labute approximate surface area is 83.6 Å². The SMILES string of the molecule is CCc1c(O)cccc1N(OC)OC. The lowest BCUT2D eigenvalue weighted by Crippen LogP contribution is -2.21. The summed E-state index contributed by atoms with van der Waals surface area (Å²) in [5.41, 5.74) is 1.52. The maximum Gasteiger partial charge on any atom is 0.121 e. The molecule has 4 heteroatoms. The molecule has 78 valence electrons. The predicted molar refractivity (Wildman–Crippen MR) is 54.0 cm³/mol. The summed E-state index contributed by atoms with van der Waals surface area (Å²) in [4.78, 5) is 9.97. The normalized spacial score (nSPS) is 10.2. The van der Waals surface area contributed by atoms with Gasteiger partial charge in [-0.3, -0.25) is 9.68 Å². The highest BCUT2D eigenvalue weighted by molar-refractivity contribution is 5.56. The largest absolute Gasteiger partial charge is 0.508 e. The van der Waals surface area contributed by atoms with E-state index in [1.807, 2.05) is 13.0 Å². The summed E-state index contributed by atoms with van der Waals surface area (Å²) >= 11 is 0. The molecule has 14 heavy (non-hydrogen) atoms. The molecule has 1 N–H and O–H groups in total. The lowest BCUT2D eigenvalue weighted by molar-refractivity contribution is -0.0437. The van der Waals surface area contributed by atoms with Crippen LogP contribution in [0.4, 0.5) is 5.69 Å². The zero-order valence-corrected chi connectivity index (χ0v) is 8.65. The Bertz CT molecular complexity index is 297. The molecule has 0 aliphatic carbocycles. The third-order valence-electron chi connectivity index (χ3n) is 2.01. The fraction of sp³-hybridized carbons (Fsp3) is 0.400. The number of nitrogens with zero attached hydrogens (tertiary/aromatic N) is 1. The topological polar surface area (TPSA) is 41.9 Å². The first-order valence-corrected chi connectivity index (χ1v) is 4.43. The third-order valence-corrected chi connectivity index (χ3v) is 2.01. The average molecular weight is 197 g/mol. The number of anilines is 1. The molecule has 0 saturated heterocycles. The Morgan fingerprint density at radius 3 is 2.43 bits per heavy atom. The summed E-state index contributed by atoms with van der Waals surface area (Å²) < 4.78 is 0. The summed E-state index contributed by atoms with van der Waals surface area (Å²) in [7, 11) is 3.01. The van der Waals surface area contributed by atoms with E-state index >= 15 is 0 Å². The van der Waals surface area contributed by atoms with E-state index in [1.54, 1.807) is 12.1 Å². The van der Waals surface area contributed by atoms with Gasteiger partial charge in [-0.2, -0.15) is 0 Å². The van der Waals surface area contributed by atoms with E-state index in [0.29, 0.717) is 6.42 Å². The highest BCUT2D eigenvalue weighted by Gasteiger charge is 2.12. The molecule has 0 heterocycles. The molecule has 0 amide bonds. The summed E-state index contributed by atoms with van der Waals surface area (Å²) in [5, 5.41) is 10.9. The van der Waals surface area contributed by atoms with Crippen molar-refractivity contribution < 1.29 is 14.8 Å². The minimum absolute atomic E-state index is 0.254. The highest BCUT2D eigenvalue weighted by atomic mass is 16.9. The Morgan fingerprint density at radius 1 is 1.29 bits per heavy atom. The van der Waals surface area contributed by atoms with Crippen LogP contribution in [0, 0.1) is 0 Å². The summed E-state index contributed by atoms with van der Waals surface area (Å²) in [5.74, 6) is 0.254. The summed E-state index contributed by atoms with van der Waals surface area (Å²) in [6.45, 7) is 1.96. The fourth-order valence-electron chi connectivity index (χ4n) is 1.37. The average Bonchev–Trinajstić information content (AvgIpc) is 2.20. The number of aromatic hydroxyl groups is 1. The quantitative estimate of drug-likeness (QED) is 0.748. The van der Waals surface area contributed by atoms with Crippen LogP contribution in [0.1, 0.15) is 12.5 Å². The first kappa shape index (κ1) is 10.8. The number of phenolic OH excluding ortho intramolecular Hbond substituents is 1. The molecule has 0 bridgehead atoms. The molecule has 0 aliphatic rings. The van der Waals surface area contributed by atoms with Crippen molar-refractivity contribution in [1.82, 2.24) is 0 Å². The van der Waals surface area contributed by atoms with Crippen LogP contribution in [0.5, 0.6) is 5.75 Å². The number of hydrogen-bond donors (Lipinski definition) is 1. The molecule has 1 aromatic rings. The van der Waals surface area contributed by atoms with Gasteiger partial charge >= 0.3 is 0 Å². The van der Waals surface area contributed by atoms with Crippen LogP contribution in [0.25, 0.3) is 0 Å². The second kappa shape index (κ2) is 4.83. The fourth-order valence-corrected chi connectivity index (χ4v) is 1.37. The monoisotopic (exact) mass is 197 g/mol. The zero-order valence-electron chi connectivity index (χ0n) is 8.65. The van der Waals surface area contributed by atoms with Crippen LogP contribution in [0.3, 0.4) is 0 Å². The Balaban J connectivity index is 3.11. The van der Waals surface area contributed by atoms with Crippen molar-refractivity contribution in [1.29, 1.82) is 0 Å². The van der Waals surface area contributed by atoms with E-state index in [1.165, 1.54) is 19.4 Å².